The summed E-state index contributed by atoms with van der Waals surface area (Å²) in [7, 11) is -0.162. The molecule has 2 heterocycles. The number of ether oxygens (including phenoxy) is 2. The van der Waals surface area contributed by atoms with Crippen molar-refractivity contribution in [2.75, 3.05) is 25.6 Å². The number of fused-ring (bicyclic) bond motifs is 2. The van der Waals surface area contributed by atoms with Crippen molar-refractivity contribution in [1.29, 1.82) is 0 Å². The smallest absolute Gasteiger partial charge is 0.267 e. The predicted octanol–water partition coefficient (Wildman–Crippen LogP) is 7.90. The van der Waals surface area contributed by atoms with Crippen molar-refractivity contribution in [2.45, 2.75) is 66.0 Å². The van der Waals surface area contributed by atoms with Gasteiger partial charge in [-0.1, -0.05) is 39.0 Å². The molecule has 0 aliphatic heterocycles. The third-order valence-corrected chi connectivity index (χ3v) is 13.7. The van der Waals surface area contributed by atoms with Crippen molar-refractivity contribution in [3.05, 3.63) is 69.6 Å². The molecule has 0 aliphatic carbocycles. The van der Waals surface area contributed by atoms with Crippen molar-refractivity contribution in [1.82, 2.24) is 4.98 Å². The maximum atomic E-state index is 13.4. The quantitative estimate of drug-likeness (QED) is 0.108. The van der Waals surface area contributed by atoms with Gasteiger partial charge in [-0.25, -0.2) is 4.98 Å². The second-order valence-corrected chi connectivity index (χ2v) is 17.6. The Balaban J connectivity index is 1.49. The number of methoxy groups -OCH3 is 1. The van der Waals surface area contributed by atoms with E-state index in [1.807, 2.05) is 49.4 Å². The molecule has 218 valence electrons. The van der Waals surface area contributed by atoms with Crippen LogP contribution in [0.2, 0.25) is 18.1 Å². The SMILES string of the molecule is COCc1ccc(C(C)=O)c2sc(C(=O)Nc3ccc4c(COCCO[Si](C)(C)C(C)(C)C)cccc4n3)c(C)c12. The fraction of sp³-hybridized carbons (Fsp3) is 0.406. The highest BCUT2D eigenvalue weighted by atomic mass is 32.1. The molecule has 2 aromatic heterocycles. The lowest BCUT2D eigenvalue weighted by Crippen LogP contribution is -2.41. The van der Waals surface area contributed by atoms with Gasteiger partial charge in [-0.2, -0.15) is 0 Å². The number of amides is 1. The maximum absolute atomic E-state index is 13.4. The van der Waals surface area contributed by atoms with Crippen LogP contribution in [-0.2, 0) is 27.1 Å². The maximum Gasteiger partial charge on any atom is 0.267 e. The molecule has 0 saturated heterocycles. The number of nitrogens with zero attached hydrogens (tertiary/aromatic N) is 1. The molecule has 2 aromatic carbocycles. The van der Waals surface area contributed by atoms with Gasteiger partial charge >= 0.3 is 0 Å². The van der Waals surface area contributed by atoms with Crippen LogP contribution in [0.1, 0.15) is 64.4 Å². The molecule has 1 amide bonds. The zero-order chi connectivity index (χ0) is 29.9. The van der Waals surface area contributed by atoms with Gasteiger partial charge in [0, 0.05) is 28.1 Å². The van der Waals surface area contributed by atoms with Crippen LogP contribution < -0.4 is 5.32 Å². The molecule has 0 spiro atoms. The van der Waals surface area contributed by atoms with Crippen molar-refractivity contribution in [3.63, 3.8) is 0 Å². The number of anilines is 1. The minimum atomic E-state index is -1.80. The van der Waals surface area contributed by atoms with Gasteiger partial charge in [0.15, 0.2) is 14.1 Å². The lowest BCUT2D eigenvalue weighted by atomic mass is 10.0. The van der Waals surface area contributed by atoms with Gasteiger partial charge in [0.25, 0.3) is 5.91 Å². The Morgan fingerprint density at radius 2 is 1.76 bits per heavy atom. The molecule has 4 aromatic rings. The number of nitrogens with one attached hydrogen (secondary N) is 1. The summed E-state index contributed by atoms with van der Waals surface area (Å²) >= 11 is 1.33. The Hall–Kier alpha value is -2.95. The van der Waals surface area contributed by atoms with Gasteiger partial charge in [0.1, 0.15) is 5.82 Å². The fourth-order valence-corrected chi connectivity index (χ4v) is 6.88. The first kappa shape index (κ1) is 31.0. The van der Waals surface area contributed by atoms with Crippen molar-refractivity contribution in [3.8, 4) is 0 Å². The van der Waals surface area contributed by atoms with Crippen molar-refractivity contribution >= 4 is 58.2 Å². The monoisotopic (exact) mass is 592 g/mol. The summed E-state index contributed by atoms with van der Waals surface area (Å²) in [6, 6.07) is 13.4. The number of aryl methyl sites for hydroxylation is 1. The van der Waals surface area contributed by atoms with E-state index in [2.05, 4.69) is 39.2 Å². The summed E-state index contributed by atoms with van der Waals surface area (Å²) < 4.78 is 18.3. The number of Topliss-reactive ketones (excluding diaryl/α,β-unsaturated/α-hetero) is 1. The van der Waals surface area contributed by atoms with Crippen LogP contribution >= 0.6 is 11.3 Å². The van der Waals surface area contributed by atoms with Crippen LogP contribution in [0.5, 0.6) is 0 Å². The van der Waals surface area contributed by atoms with Gasteiger partial charge in [-0.05, 0) is 72.9 Å². The average molecular weight is 593 g/mol. The first-order chi connectivity index (χ1) is 19.3. The van der Waals surface area contributed by atoms with Crippen LogP contribution in [0.25, 0.3) is 21.0 Å². The number of pyridine rings is 1. The summed E-state index contributed by atoms with van der Waals surface area (Å²) in [5.74, 6) is 0.171. The Morgan fingerprint density at radius 3 is 2.44 bits per heavy atom. The Labute approximate surface area is 247 Å². The lowest BCUT2D eigenvalue weighted by molar-refractivity contribution is 0.0852. The van der Waals surface area contributed by atoms with Gasteiger partial charge in [0.05, 0.1) is 36.8 Å². The number of carbonyl (C=O) groups is 2. The highest BCUT2D eigenvalue weighted by Gasteiger charge is 2.36. The highest BCUT2D eigenvalue weighted by Crippen LogP contribution is 2.37. The number of rotatable bonds is 11. The molecule has 0 atom stereocenters. The predicted molar refractivity (Wildman–Crippen MR) is 170 cm³/mol. The third-order valence-electron chi connectivity index (χ3n) is 7.87. The zero-order valence-electron chi connectivity index (χ0n) is 25.3. The highest BCUT2D eigenvalue weighted by molar-refractivity contribution is 7.21. The zero-order valence-corrected chi connectivity index (χ0v) is 27.1. The molecule has 9 heteroatoms. The molecule has 0 saturated carbocycles. The average Bonchev–Trinajstić information content (AvgIpc) is 3.25. The van der Waals surface area contributed by atoms with E-state index in [1.54, 1.807) is 14.0 Å². The van der Waals surface area contributed by atoms with E-state index in [4.69, 9.17) is 18.9 Å². The topological polar surface area (TPSA) is 86.8 Å². The Morgan fingerprint density at radius 1 is 1.00 bits per heavy atom. The van der Waals surface area contributed by atoms with E-state index in [1.165, 1.54) is 11.3 Å². The molecule has 0 fully saturated rings. The van der Waals surface area contributed by atoms with Crippen LogP contribution in [0.3, 0.4) is 0 Å². The van der Waals surface area contributed by atoms with Crippen LogP contribution in [0.15, 0.2) is 42.5 Å². The van der Waals surface area contributed by atoms with Crippen LogP contribution in [0, 0.1) is 6.92 Å². The number of carbonyl (C=O) groups excluding carboxylic acids is 2. The van der Waals surface area contributed by atoms with Gasteiger partial charge < -0.3 is 19.2 Å². The molecular formula is C32H40N2O5SSi. The van der Waals surface area contributed by atoms with E-state index < -0.39 is 8.32 Å². The van der Waals surface area contributed by atoms with E-state index in [-0.39, 0.29) is 16.7 Å². The molecule has 41 heavy (non-hydrogen) atoms. The van der Waals surface area contributed by atoms with Crippen LogP contribution in [-0.4, -0.2) is 45.3 Å². The summed E-state index contributed by atoms with van der Waals surface area (Å²) in [4.78, 5) is 31.0. The molecule has 7 nitrogen and oxygen atoms in total. The summed E-state index contributed by atoms with van der Waals surface area (Å²) in [5, 5.41) is 5.01. The third kappa shape index (κ3) is 6.76. The number of hydrogen-bond donors (Lipinski definition) is 1. The Kier molecular flexibility index (Phi) is 9.45. The molecule has 0 bridgehead atoms. The first-order valence-corrected chi connectivity index (χ1v) is 17.5. The van der Waals surface area contributed by atoms with Crippen molar-refractivity contribution in [2.24, 2.45) is 0 Å². The summed E-state index contributed by atoms with van der Waals surface area (Å²) in [6.45, 7) is 16.6. The van der Waals surface area contributed by atoms with Crippen molar-refractivity contribution < 1.29 is 23.5 Å². The lowest BCUT2D eigenvalue weighted by Gasteiger charge is -2.36. The minimum absolute atomic E-state index is 0.0359. The number of ketones is 1. The van der Waals surface area contributed by atoms with Gasteiger partial charge in [-0.3, -0.25) is 9.59 Å². The standard InChI is InChI=1S/C32H40N2O5SSi/c1-20-28-23(18-37-6)12-13-24(21(2)35)30(28)40-29(20)31(36)34-27-15-14-25-22(10-9-11-26(25)33-27)19-38-16-17-39-41(7,8)32(3,4)5/h9-15H,16-19H2,1-8H3,(H,33,34,36). The van der Waals surface area contributed by atoms with Gasteiger partial charge in [-0.15, -0.1) is 11.3 Å². The molecular weight excluding hydrogens is 553 g/mol. The minimum Gasteiger partial charge on any atom is -0.414 e. The Bertz CT molecular complexity index is 1590. The number of benzene rings is 2. The normalized spacial score (nSPS) is 12.3. The summed E-state index contributed by atoms with van der Waals surface area (Å²) in [5.41, 5.74) is 4.19. The second-order valence-electron chi connectivity index (χ2n) is 11.8. The van der Waals surface area contributed by atoms with E-state index in [9.17, 15) is 9.59 Å². The number of aromatic nitrogens is 1. The second kappa shape index (κ2) is 12.5. The van der Waals surface area contributed by atoms with E-state index in [0.29, 0.717) is 42.7 Å². The van der Waals surface area contributed by atoms with E-state index in [0.717, 1.165) is 37.7 Å². The van der Waals surface area contributed by atoms with Gasteiger partial charge in [0.2, 0.25) is 0 Å². The molecule has 0 unspecified atom stereocenters. The number of thiophene rings is 1. The fourth-order valence-electron chi connectivity index (χ4n) is 4.54. The number of hydrogen-bond acceptors (Lipinski definition) is 7. The largest absolute Gasteiger partial charge is 0.414 e. The molecule has 0 aliphatic rings. The summed E-state index contributed by atoms with van der Waals surface area (Å²) in [6.07, 6.45) is 0. The van der Waals surface area contributed by atoms with E-state index >= 15 is 0 Å². The molecule has 4 rings (SSSR count). The molecule has 0 radical (unpaired) electrons. The molecule has 1 N–H and O–H groups in total. The first-order valence-electron chi connectivity index (χ1n) is 13.8. The van der Waals surface area contributed by atoms with Crippen LogP contribution in [0.4, 0.5) is 5.82 Å².